The number of ether oxygens (including phenoxy) is 4. The van der Waals surface area contributed by atoms with Crippen molar-refractivity contribution in [1.29, 1.82) is 0 Å². The number of rotatable bonds is 12. The van der Waals surface area contributed by atoms with Gasteiger partial charge in [0, 0.05) is 56.4 Å². The van der Waals surface area contributed by atoms with Crippen LogP contribution in [0.3, 0.4) is 0 Å². The van der Waals surface area contributed by atoms with E-state index in [-0.39, 0.29) is 48.3 Å². The summed E-state index contributed by atoms with van der Waals surface area (Å²) in [6, 6.07) is 9.78. The summed E-state index contributed by atoms with van der Waals surface area (Å²) in [6.45, 7) is 7.20. The Balaban J connectivity index is 1.48. The summed E-state index contributed by atoms with van der Waals surface area (Å²) in [4.78, 5) is 50.5. The Bertz CT molecular complexity index is 1370. The summed E-state index contributed by atoms with van der Waals surface area (Å²) in [5, 5.41) is 4.76. The minimum absolute atomic E-state index is 0.0165. The highest BCUT2D eigenvalue weighted by molar-refractivity contribution is 7.14. The first-order valence-corrected chi connectivity index (χ1v) is 14.5. The van der Waals surface area contributed by atoms with E-state index in [9.17, 15) is 14.4 Å². The van der Waals surface area contributed by atoms with E-state index < -0.39 is 5.91 Å². The third-order valence-corrected chi connectivity index (χ3v) is 7.09. The summed E-state index contributed by atoms with van der Waals surface area (Å²) < 4.78 is 21.9. The van der Waals surface area contributed by atoms with E-state index in [1.54, 1.807) is 43.7 Å². The smallest absolute Gasteiger partial charge is 0.311 e. The van der Waals surface area contributed by atoms with Crippen LogP contribution in [0.25, 0.3) is 0 Å². The van der Waals surface area contributed by atoms with E-state index in [2.05, 4.69) is 20.2 Å². The maximum Gasteiger partial charge on any atom is 0.311 e. The fourth-order valence-electron chi connectivity index (χ4n) is 4.15. The molecule has 2 amide bonds. The number of methoxy groups -OCH3 is 1. The van der Waals surface area contributed by atoms with Crippen LogP contribution in [0.5, 0.6) is 17.5 Å². The molecule has 42 heavy (non-hydrogen) atoms. The largest absolute Gasteiger partial charge is 0.472 e. The fourth-order valence-corrected chi connectivity index (χ4v) is 4.86. The van der Waals surface area contributed by atoms with Crippen LogP contribution in [0.1, 0.15) is 40.3 Å². The van der Waals surface area contributed by atoms with Crippen molar-refractivity contribution in [1.82, 2.24) is 19.8 Å². The van der Waals surface area contributed by atoms with Gasteiger partial charge in [0.25, 0.3) is 11.8 Å². The van der Waals surface area contributed by atoms with Gasteiger partial charge in [0.15, 0.2) is 5.13 Å². The second-order valence-corrected chi connectivity index (χ2v) is 10.6. The standard InChI is InChI=1S/C29H35N5O7S/c1-5-39-26(35)16-22-18-42-29(30-22)32-27(36)21-14-24(40-19(2)17-38-4)31-25(15-21)41-23-8-6-20(7-9-23)28(37)34-12-10-33(3)11-13-34/h6-9,14-15,18-19H,5,10-13,16-17H2,1-4H3,(H,30,32,36)/t19-/m1/s1. The molecule has 13 heteroatoms. The van der Waals surface area contributed by atoms with Crippen molar-refractivity contribution >= 4 is 34.3 Å². The first kappa shape index (κ1) is 30.9. The van der Waals surface area contributed by atoms with Gasteiger partial charge in [-0.2, -0.15) is 4.98 Å². The molecule has 0 spiro atoms. The Hall–Kier alpha value is -4.07. The molecule has 4 rings (SSSR count). The molecule has 1 aliphatic heterocycles. The summed E-state index contributed by atoms with van der Waals surface area (Å²) in [5.74, 6) is -0.137. The normalized spacial score (nSPS) is 14.2. The number of piperazine rings is 1. The van der Waals surface area contributed by atoms with Gasteiger partial charge in [0.1, 0.15) is 11.9 Å². The molecule has 12 nitrogen and oxygen atoms in total. The first-order chi connectivity index (χ1) is 20.2. The van der Waals surface area contributed by atoms with Crippen molar-refractivity contribution in [2.75, 3.05) is 58.9 Å². The SMILES string of the molecule is CCOC(=O)Cc1csc(NC(=O)c2cc(Oc3ccc(C(=O)N4CCN(C)CC4)cc3)nc(O[C@H](C)COC)c2)n1. The molecule has 0 unspecified atom stereocenters. The van der Waals surface area contributed by atoms with Gasteiger partial charge in [0.2, 0.25) is 11.8 Å². The molecular weight excluding hydrogens is 562 g/mol. The molecule has 224 valence electrons. The Morgan fingerprint density at radius 3 is 2.43 bits per heavy atom. The highest BCUT2D eigenvalue weighted by Gasteiger charge is 2.21. The van der Waals surface area contributed by atoms with Crippen LogP contribution >= 0.6 is 11.3 Å². The molecule has 1 aliphatic rings. The lowest BCUT2D eigenvalue weighted by molar-refractivity contribution is -0.142. The van der Waals surface area contributed by atoms with Gasteiger partial charge in [-0.15, -0.1) is 11.3 Å². The maximum absolute atomic E-state index is 13.2. The third kappa shape index (κ3) is 8.71. The second-order valence-electron chi connectivity index (χ2n) is 9.72. The summed E-state index contributed by atoms with van der Waals surface area (Å²) in [5.41, 5.74) is 1.29. The summed E-state index contributed by atoms with van der Waals surface area (Å²) in [7, 11) is 3.60. The number of hydrogen-bond acceptors (Lipinski definition) is 11. The number of carbonyl (C=O) groups is 3. The highest BCUT2D eigenvalue weighted by Crippen LogP contribution is 2.26. The van der Waals surface area contributed by atoms with E-state index in [4.69, 9.17) is 18.9 Å². The van der Waals surface area contributed by atoms with Crippen LogP contribution in [-0.2, 0) is 20.7 Å². The Labute approximate surface area is 248 Å². The Kier molecular flexibility index (Phi) is 10.8. The van der Waals surface area contributed by atoms with E-state index in [0.29, 0.717) is 41.8 Å². The molecule has 0 radical (unpaired) electrons. The molecule has 1 N–H and O–H groups in total. The third-order valence-electron chi connectivity index (χ3n) is 6.28. The summed E-state index contributed by atoms with van der Waals surface area (Å²) in [6.07, 6.45) is -0.319. The van der Waals surface area contributed by atoms with Crippen molar-refractivity contribution < 1.29 is 33.3 Å². The van der Waals surface area contributed by atoms with Crippen LogP contribution in [-0.4, -0.2) is 97.2 Å². The zero-order valence-corrected chi connectivity index (χ0v) is 24.9. The molecule has 2 aromatic heterocycles. The molecule has 3 aromatic rings. The van der Waals surface area contributed by atoms with Crippen LogP contribution in [0, 0.1) is 0 Å². The number of esters is 1. The molecule has 0 bridgehead atoms. The zero-order chi connectivity index (χ0) is 30.1. The zero-order valence-electron chi connectivity index (χ0n) is 24.1. The van der Waals surface area contributed by atoms with Crippen molar-refractivity contribution in [3.63, 3.8) is 0 Å². The topological polar surface area (TPSA) is 132 Å². The fraction of sp³-hybridized carbons (Fsp3) is 0.414. The molecule has 0 aliphatic carbocycles. The van der Waals surface area contributed by atoms with Crippen molar-refractivity contribution in [3.05, 3.63) is 58.6 Å². The van der Waals surface area contributed by atoms with Gasteiger partial charge >= 0.3 is 5.97 Å². The molecule has 1 saturated heterocycles. The average Bonchev–Trinajstić information content (AvgIpc) is 3.39. The lowest BCUT2D eigenvalue weighted by Crippen LogP contribution is -2.47. The van der Waals surface area contributed by atoms with E-state index >= 15 is 0 Å². The van der Waals surface area contributed by atoms with Gasteiger partial charge in [-0.25, -0.2) is 4.98 Å². The quantitative estimate of drug-likeness (QED) is 0.310. The van der Waals surface area contributed by atoms with Gasteiger partial charge in [-0.05, 0) is 45.2 Å². The lowest BCUT2D eigenvalue weighted by Gasteiger charge is -2.32. The van der Waals surface area contributed by atoms with Gasteiger partial charge in [-0.1, -0.05) is 0 Å². The van der Waals surface area contributed by atoms with Crippen molar-refractivity contribution in [2.24, 2.45) is 0 Å². The van der Waals surface area contributed by atoms with Crippen LogP contribution in [0.15, 0.2) is 41.8 Å². The second kappa shape index (κ2) is 14.7. The molecular formula is C29H35N5O7S. The van der Waals surface area contributed by atoms with E-state index in [1.165, 1.54) is 23.5 Å². The number of aromatic nitrogens is 2. The maximum atomic E-state index is 13.2. The number of pyridine rings is 1. The monoisotopic (exact) mass is 597 g/mol. The number of anilines is 1. The summed E-state index contributed by atoms with van der Waals surface area (Å²) >= 11 is 1.20. The van der Waals surface area contributed by atoms with Gasteiger partial charge in [0.05, 0.1) is 30.9 Å². The first-order valence-electron chi connectivity index (χ1n) is 13.6. The number of thiazole rings is 1. The Morgan fingerprint density at radius 2 is 1.74 bits per heavy atom. The molecule has 1 fully saturated rings. The predicted molar refractivity (Wildman–Crippen MR) is 157 cm³/mol. The van der Waals surface area contributed by atoms with Crippen LogP contribution < -0.4 is 14.8 Å². The minimum atomic E-state index is -0.461. The Morgan fingerprint density at radius 1 is 1.02 bits per heavy atom. The van der Waals surface area contributed by atoms with Crippen molar-refractivity contribution in [2.45, 2.75) is 26.4 Å². The number of benzene rings is 1. The molecule has 1 atom stereocenters. The number of amides is 2. The van der Waals surface area contributed by atoms with Crippen LogP contribution in [0.2, 0.25) is 0 Å². The van der Waals surface area contributed by atoms with Gasteiger partial charge < -0.3 is 28.7 Å². The predicted octanol–water partition coefficient (Wildman–Crippen LogP) is 3.49. The number of hydrogen-bond donors (Lipinski definition) is 1. The minimum Gasteiger partial charge on any atom is -0.472 e. The molecule has 1 aromatic carbocycles. The number of nitrogens with zero attached hydrogens (tertiary/aromatic N) is 4. The molecule has 3 heterocycles. The molecule has 0 saturated carbocycles. The highest BCUT2D eigenvalue weighted by atomic mass is 32.1. The number of carbonyl (C=O) groups excluding carboxylic acids is 3. The lowest BCUT2D eigenvalue weighted by atomic mass is 10.1. The number of likely N-dealkylation sites (N-methyl/N-ethyl adjacent to an activating group) is 1. The number of nitrogens with one attached hydrogen (secondary N) is 1. The van der Waals surface area contributed by atoms with Gasteiger partial charge in [-0.3, -0.25) is 19.7 Å². The van der Waals surface area contributed by atoms with E-state index in [0.717, 1.165) is 13.1 Å². The van der Waals surface area contributed by atoms with E-state index in [1.807, 2.05) is 18.9 Å². The average molecular weight is 598 g/mol. The van der Waals surface area contributed by atoms with Crippen LogP contribution in [0.4, 0.5) is 5.13 Å². The van der Waals surface area contributed by atoms with Crippen molar-refractivity contribution in [3.8, 4) is 17.5 Å².